The lowest BCUT2D eigenvalue weighted by atomic mass is 9.84. The van der Waals surface area contributed by atoms with E-state index in [0.29, 0.717) is 12.8 Å². The standard InChI is InChI=1S/C16H27O4P/c1-15(2,3)13-16(4,5)20-21(17,18)19-12-11-14-9-7-6-8-10-14/h6-10H,11-13H2,1-5H3,(H,17,18). The third kappa shape index (κ3) is 8.37. The molecule has 0 aliphatic heterocycles. The van der Waals surface area contributed by atoms with Crippen molar-refractivity contribution in [1.82, 2.24) is 0 Å². The summed E-state index contributed by atoms with van der Waals surface area (Å²) in [5.41, 5.74) is 0.356. The van der Waals surface area contributed by atoms with Crippen LogP contribution in [0.25, 0.3) is 0 Å². The molecule has 0 aromatic heterocycles. The van der Waals surface area contributed by atoms with Gasteiger partial charge in [0.05, 0.1) is 12.2 Å². The Kier molecular flexibility index (Phi) is 6.18. The van der Waals surface area contributed by atoms with Crippen LogP contribution in [0.4, 0.5) is 0 Å². The minimum atomic E-state index is -4.04. The maximum atomic E-state index is 12.0. The van der Waals surface area contributed by atoms with E-state index in [9.17, 15) is 9.46 Å². The molecule has 0 amide bonds. The molecule has 120 valence electrons. The maximum Gasteiger partial charge on any atom is 0.472 e. The topological polar surface area (TPSA) is 55.8 Å². The van der Waals surface area contributed by atoms with Crippen molar-refractivity contribution >= 4 is 7.82 Å². The van der Waals surface area contributed by atoms with E-state index in [2.05, 4.69) is 20.8 Å². The fourth-order valence-electron chi connectivity index (χ4n) is 2.57. The molecular formula is C16H27O4P. The molecule has 0 radical (unpaired) electrons. The second-order valence-corrected chi connectivity index (χ2v) is 8.50. The van der Waals surface area contributed by atoms with Crippen LogP contribution in [-0.4, -0.2) is 17.1 Å². The van der Waals surface area contributed by atoms with Crippen LogP contribution >= 0.6 is 7.82 Å². The lowest BCUT2D eigenvalue weighted by molar-refractivity contribution is 0.0202. The Morgan fingerprint density at radius 2 is 1.67 bits per heavy atom. The van der Waals surface area contributed by atoms with Gasteiger partial charge in [0.25, 0.3) is 0 Å². The van der Waals surface area contributed by atoms with E-state index >= 15 is 0 Å². The van der Waals surface area contributed by atoms with Crippen molar-refractivity contribution in [3.8, 4) is 0 Å². The molecule has 1 unspecified atom stereocenters. The fraction of sp³-hybridized carbons (Fsp3) is 0.625. The number of hydrogen-bond donors (Lipinski definition) is 1. The summed E-state index contributed by atoms with van der Waals surface area (Å²) < 4.78 is 22.4. The van der Waals surface area contributed by atoms with Gasteiger partial charge in [-0.2, -0.15) is 0 Å². The molecule has 1 N–H and O–H groups in total. The quantitative estimate of drug-likeness (QED) is 0.749. The molecule has 5 heteroatoms. The third-order valence-corrected chi connectivity index (χ3v) is 4.04. The van der Waals surface area contributed by atoms with Crippen molar-refractivity contribution in [1.29, 1.82) is 0 Å². The molecule has 0 aliphatic rings. The van der Waals surface area contributed by atoms with Crippen molar-refractivity contribution in [2.45, 2.75) is 53.1 Å². The van der Waals surface area contributed by atoms with Gasteiger partial charge >= 0.3 is 7.82 Å². The van der Waals surface area contributed by atoms with E-state index in [0.717, 1.165) is 5.56 Å². The number of benzene rings is 1. The molecule has 1 atom stereocenters. The average molecular weight is 314 g/mol. The van der Waals surface area contributed by atoms with Gasteiger partial charge in [-0.1, -0.05) is 51.1 Å². The molecular weight excluding hydrogens is 287 g/mol. The van der Waals surface area contributed by atoms with E-state index < -0.39 is 13.4 Å². The summed E-state index contributed by atoms with van der Waals surface area (Å²) in [5.74, 6) is 0. The van der Waals surface area contributed by atoms with E-state index in [4.69, 9.17) is 9.05 Å². The summed E-state index contributed by atoms with van der Waals surface area (Å²) in [4.78, 5) is 9.84. The highest BCUT2D eigenvalue weighted by Gasteiger charge is 2.34. The van der Waals surface area contributed by atoms with Gasteiger partial charge in [0.1, 0.15) is 0 Å². The van der Waals surface area contributed by atoms with E-state index in [1.165, 1.54) is 0 Å². The molecule has 0 saturated heterocycles. The van der Waals surface area contributed by atoms with Gasteiger partial charge in [-0.25, -0.2) is 4.57 Å². The van der Waals surface area contributed by atoms with Crippen LogP contribution in [0, 0.1) is 5.41 Å². The molecule has 0 heterocycles. The zero-order valence-electron chi connectivity index (χ0n) is 13.6. The Balaban J connectivity index is 2.48. The summed E-state index contributed by atoms with van der Waals surface area (Å²) >= 11 is 0. The molecule has 0 bridgehead atoms. The van der Waals surface area contributed by atoms with Gasteiger partial charge < -0.3 is 4.89 Å². The van der Waals surface area contributed by atoms with Crippen molar-refractivity contribution in [2.24, 2.45) is 5.41 Å². The summed E-state index contributed by atoms with van der Waals surface area (Å²) in [7, 11) is -4.04. The summed E-state index contributed by atoms with van der Waals surface area (Å²) in [6, 6.07) is 9.69. The second kappa shape index (κ2) is 7.06. The zero-order chi connectivity index (χ0) is 16.1. The fourth-order valence-corrected chi connectivity index (χ4v) is 3.64. The van der Waals surface area contributed by atoms with Gasteiger partial charge in [-0.05, 0) is 37.7 Å². The predicted octanol–water partition coefficient (Wildman–Crippen LogP) is 4.58. The van der Waals surface area contributed by atoms with Crippen LogP contribution in [0.2, 0.25) is 0 Å². The smallest absolute Gasteiger partial charge is 0.302 e. The Bertz CT molecular complexity index is 477. The van der Waals surface area contributed by atoms with Crippen LogP contribution in [-0.2, 0) is 20.0 Å². The second-order valence-electron chi connectivity index (χ2n) is 7.13. The number of phosphoric acid groups is 1. The molecule has 1 aromatic rings. The van der Waals surface area contributed by atoms with Crippen molar-refractivity contribution in [2.75, 3.05) is 6.61 Å². The lowest BCUT2D eigenvalue weighted by Gasteiger charge is -2.33. The van der Waals surface area contributed by atoms with Gasteiger partial charge in [0, 0.05) is 0 Å². The monoisotopic (exact) mass is 314 g/mol. The first-order valence-electron chi connectivity index (χ1n) is 7.21. The summed E-state index contributed by atoms with van der Waals surface area (Å²) in [6.07, 6.45) is 1.24. The van der Waals surface area contributed by atoms with Gasteiger partial charge in [0.2, 0.25) is 0 Å². The highest BCUT2D eigenvalue weighted by Crippen LogP contribution is 2.49. The average Bonchev–Trinajstić information content (AvgIpc) is 2.24. The van der Waals surface area contributed by atoms with Crippen LogP contribution in [0.15, 0.2) is 30.3 Å². The normalized spacial score (nSPS) is 15.7. The Labute approximate surface area is 128 Å². The maximum absolute atomic E-state index is 12.0. The molecule has 4 nitrogen and oxygen atoms in total. The van der Waals surface area contributed by atoms with Crippen molar-refractivity contribution < 1.29 is 18.5 Å². The van der Waals surface area contributed by atoms with Crippen molar-refractivity contribution in [3.05, 3.63) is 35.9 Å². The van der Waals surface area contributed by atoms with Gasteiger partial charge in [0.15, 0.2) is 0 Å². The molecule has 0 fully saturated rings. The number of hydrogen-bond acceptors (Lipinski definition) is 3. The number of rotatable bonds is 7. The lowest BCUT2D eigenvalue weighted by Crippen LogP contribution is -2.29. The van der Waals surface area contributed by atoms with E-state index in [1.807, 2.05) is 44.2 Å². The largest absolute Gasteiger partial charge is 0.472 e. The van der Waals surface area contributed by atoms with Crippen LogP contribution < -0.4 is 0 Å². The first-order chi connectivity index (χ1) is 9.49. The summed E-state index contributed by atoms with van der Waals surface area (Å²) in [5, 5.41) is 0. The van der Waals surface area contributed by atoms with Gasteiger partial charge in [-0.15, -0.1) is 0 Å². The predicted molar refractivity (Wildman–Crippen MR) is 85.2 cm³/mol. The Hall–Kier alpha value is -0.670. The minimum Gasteiger partial charge on any atom is -0.302 e. The first kappa shape index (κ1) is 18.4. The molecule has 0 aliphatic carbocycles. The van der Waals surface area contributed by atoms with Gasteiger partial charge in [-0.3, -0.25) is 9.05 Å². The summed E-state index contributed by atoms with van der Waals surface area (Å²) in [6.45, 7) is 9.97. The first-order valence-corrected chi connectivity index (χ1v) is 8.71. The molecule has 0 saturated carbocycles. The minimum absolute atomic E-state index is 0.00748. The molecule has 21 heavy (non-hydrogen) atoms. The highest BCUT2D eigenvalue weighted by atomic mass is 31.2. The molecule has 1 rings (SSSR count). The van der Waals surface area contributed by atoms with Crippen molar-refractivity contribution in [3.63, 3.8) is 0 Å². The highest BCUT2D eigenvalue weighted by molar-refractivity contribution is 7.47. The number of phosphoric ester groups is 1. The Morgan fingerprint density at radius 1 is 1.10 bits per heavy atom. The van der Waals surface area contributed by atoms with Crippen LogP contribution in [0.1, 0.15) is 46.6 Å². The Morgan fingerprint density at radius 3 is 2.19 bits per heavy atom. The SMILES string of the molecule is CC(C)(C)CC(C)(C)OP(=O)(O)OCCc1ccccc1. The van der Waals surface area contributed by atoms with Crippen LogP contribution in [0.5, 0.6) is 0 Å². The molecule has 0 spiro atoms. The molecule has 1 aromatic carbocycles. The van der Waals surface area contributed by atoms with E-state index in [1.54, 1.807) is 0 Å². The van der Waals surface area contributed by atoms with E-state index in [-0.39, 0.29) is 12.0 Å². The zero-order valence-corrected chi connectivity index (χ0v) is 14.5. The van der Waals surface area contributed by atoms with Crippen LogP contribution in [0.3, 0.4) is 0 Å². The third-order valence-electron chi connectivity index (χ3n) is 2.81.